The van der Waals surface area contributed by atoms with Crippen LogP contribution in [-0.2, 0) is 0 Å². The smallest absolute Gasteiger partial charge is 0.0894 e. The summed E-state index contributed by atoms with van der Waals surface area (Å²) < 4.78 is 0. The first kappa shape index (κ1) is 10.3. The van der Waals surface area contributed by atoms with E-state index in [2.05, 4.69) is 29.2 Å². The Morgan fingerprint density at radius 1 is 0.824 bits per heavy atom. The summed E-state index contributed by atoms with van der Waals surface area (Å²) in [4.78, 5) is 4.37. The van der Waals surface area contributed by atoms with Gasteiger partial charge in [0.25, 0.3) is 0 Å². The van der Waals surface area contributed by atoms with Crippen LogP contribution in [0.2, 0.25) is 5.02 Å². The summed E-state index contributed by atoms with van der Waals surface area (Å²) in [6.45, 7) is 0. The monoisotopic (exact) mass is 239 g/mol. The summed E-state index contributed by atoms with van der Waals surface area (Å²) >= 11 is 6.20. The molecule has 82 valence electrons. The van der Waals surface area contributed by atoms with Crippen molar-refractivity contribution in [3.05, 3.63) is 65.8 Å². The van der Waals surface area contributed by atoms with Gasteiger partial charge in [-0.2, -0.15) is 0 Å². The van der Waals surface area contributed by atoms with E-state index in [0.29, 0.717) is 5.02 Å². The topological polar surface area (TPSA) is 12.9 Å². The number of fused-ring (bicyclic) bond motifs is 1. The Hall–Kier alpha value is -1.86. The van der Waals surface area contributed by atoms with Crippen LogP contribution in [0.1, 0.15) is 0 Å². The van der Waals surface area contributed by atoms with E-state index >= 15 is 0 Å². The van der Waals surface area contributed by atoms with Crippen molar-refractivity contribution in [3.63, 3.8) is 0 Å². The second-order valence-corrected chi connectivity index (χ2v) is 4.27. The number of nitrogens with zero attached hydrogens (tertiary/aromatic N) is 1. The van der Waals surface area contributed by atoms with E-state index in [-0.39, 0.29) is 0 Å². The molecule has 1 heterocycles. The van der Waals surface area contributed by atoms with E-state index in [9.17, 15) is 0 Å². The van der Waals surface area contributed by atoms with Gasteiger partial charge in [0.1, 0.15) is 0 Å². The average Bonchev–Trinajstić information content (AvgIpc) is 2.39. The first-order valence-electron chi connectivity index (χ1n) is 5.45. The second kappa shape index (κ2) is 4.19. The van der Waals surface area contributed by atoms with Crippen molar-refractivity contribution in [3.8, 4) is 11.3 Å². The molecule has 0 bridgehead atoms. The highest BCUT2D eigenvalue weighted by Crippen LogP contribution is 2.31. The molecule has 0 aliphatic rings. The maximum absolute atomic E-state index is 6.20. The van der Waals surface area contributed by atoms with Gasteiger partial charge in [0.05, 0.1) is 10.7 Å². The van der Waals surface area contributed by atoms with Gasteiger partial charge < -0.3 is 0 Å². The van der Waals surface area contributed by atoms with Gasteiger partial charge in [0, 0.05) is 11.8 Å². The van der Waals surface area contributed by atoms with Crippen LogP contribution in [0.5, 0.6) is 0 Å². The molecule has 2 aromatic carbocycles. The highest BCUT2D eigenvalue weighted by atomic mass is 35.5. The molecule has 0 fully saturated rings. The third-order valence-corrected chi connectivity index (χ3v) is 3.11. The van der Waals surface area contributed by atoms with Crippen molar-refractivity contribution in [2.45, 2.75) is 0 Å². The Morgan fingerprint density at radius 3 is 2.53 bits per heavy atom. The predicted molar refractivity (Wildman–Crippen MR) is 72.2 cm³/mol. The van der Waals surface area contributed by atoms with Gasteiger partial charge in [-0.05, 0) is 22.9 Å². The molecule has 3 rings (SSSR count). The fraction of sp³-hybridized carbons (Fsp3) is 0. The lowest BCUT2D eigenvalue weighted by Crippen LogP contribution is -1.85. The zero-order valence-electron chi connectivity index (χ0n) is 9.10. The highest BCUT2D eigenvalue weighted by molar-refractivity contribution is 6.33. The highest BCUT2D eigenvalue weighted by Gasteiger charge is 2.07. The number of hydrogen-bond acceptors (Lipinski definition) is 1. The van der Waals surface area contributed by atoms with Crippen LogP contribution in [0, 0.1) is 0 Å². The first-order valence-corrected chi connectivity index (χ1v) is 5.83. The molecule has 0 saturated heterocycles. The van der Waals surface area contributed by atoms with Crippen LogP contribution in [0.15, 0.2) is 60.8 Å². The molecule has 0 radical (unpaired) electrons. The van der Waals surface area contributed by atoms with Crippen molar-refractivity contribution in [2.24, 2.45) is 0 Å². The molecule has 2 heteroatoms. The summed E-state index contributed by atoms with van der Waals surface area (Å²) in [5, 5.41) is 3.06. The number of rotatable bonds is 1. The third kappa shape index (κ3) is 1.79. The lowest BCUT2D eigenvalue weighted by Gasteiger charge is -2.07. The number of pyridine rings is 1. The Bertz CT molecular complexity index is 671. The molecular formula is C15H10ClN. The Balaban J connectivity index is 2.35. The summed E-state index contributed by atoms with van der Waals surface area (Å²) in [6, 6.07) is 18.1. The summed E-state index contributed by atoms with van der Waals surface area (Å²) in [6.07, 6.45) is 1.77. The first-order chi connectivity index (χ1) is 8.36. The summed E-state index contributed by atoms with van der Waals surface area (Å²) in [5.74, 6) is 0. The predicted octanol–water partition coefficient (Wildman–Crippen LogP) is 4.56. The minimum atomic E-state index is 0.684. The Kier molecular flexibility index (Phi) is 2.54. The van der Waals surface area contributed by atoms with Gasteiger partial charge >= 0.3 is 0 Å². The second-order valence-electron chi connectivity index (χ2n) is 3.86. The maximum atomic E-state index is 6.20. The molecule has 1 nitrogen and oxygen atoms in total. The van der Waals surface area contributed by atoms with Crippen molar-refractivity contribution in [1.82, 2.24) is 4.98 Å². The molecule has 17 heavy (non-hydrogen) atoms. The molecule has 0 saturated carbocycles. The lowest BCUT2D eigenvalue weighted by atomic mass is 10.0. The minimum absolute atomic E-state index is 0.684. The Morgan fingerprint density at radius 2 is 1.65 bits per heavy atom. The van der Waals surface area contributed by atoms with E-state index in [1.165, 1.54) is 10.8 Å². The molecular weight excluding hydrogens is 230 g/mol. The van der Waals surface area contributed by atoms with Gasteiger partial charge in [0.15, 0.2) is 0 Å². The maximum Gasteiger partial charge on any atom is 0.0894 e. The van der Waals surface area contributed by atoms with Gasteiger partial charge in [0.2, 0.25) is 0 Å². The van der Waals surface area contributed by atoms with Crippen molar-refractivity contribution < 1.29 is 0 Å². The van der Waals surface area contributed by atoms with Crippen molar-refractivity contribution in [2.75, 3.05) is 0 Å². The largest absolute Gasteiger partial charge is 0.255 e. The van der Waals surface area contributed by atoms with E-state index in [1.54, 1.807) is 6.20 Å². The normalized spacial score (nSPS) is 10.6. The summed E-state index contributed by atoms with van der Waals surface area (Å²) in [5.41, 5.74) is 1.92. The quantitative estimate of drug-likeness (QED) is 0.607. The lowest BCUT2D eigenvalue weighted by molar-refractivity contribution is 1.33. The van der Waals surface area contributed by atoms with Crippen molar-refractivity contribution >= 4 is 22.4 Å². The molecule has 0 amide bonds. The molecule has 0 aliphatic carbocycles. The van der Waals surface area contributed by atoms with Crippen LogP contribution < -0.4 is 0 Å². The van der Waals surface area contributed by atoms with Gasteiger partial charge in [-0.25, -0.2) is 0 Å². The van der Waals surface area contributed by atoms with E-state index < -0.39 is 0 Å². The SMILES string of the molecule is Clc1cccnc1-c1cccc2ccccc12. The van der Waals surface area contributed by atoms with Crippen LogP contribution in [0.4, 0.5) is 0 Å². The molecule has 3 aromatic rings. The number of benzene rings is 2. The van der Waals surface area contributed by atoms with E-state index in [1.807, 2.05) is 30.3 Å². The molecule has 1 aromatic heterocycles. The third-order valence-electron chi connectivity index (χ3n) is 2.80. The Labute approximate surface area is 105 Å². The summed E-state index contributed by atoms with van der Waals surface area (Å²) in [7, 11) is 0. The molecule has 0 spiro atoms. The molecule has 0 N–H and O–H groups in total. The van der Waals surface area contributed by atoms with Crippen LogP contribution >= 0.6 is 11.6 Å². The van der Waals surface area contributed by atoms with Crippen LogP contribution in [-0.4, -0.2) is 4.98 Å². The zero-order valence-corrected chi connectivity index (χ0v) is 9.85. The van der Waals surface area contributed by atoms with E-state index in [0.717, 1.165) is 11.3 Å². The molecule has 0 aliphatic heterocycles. The average molecular weight is 240 g/mol. The van der Waals surface area contributed by atoms with Gasteiger partial charge in [-0.15, -0.1) is 0 Å². The minimum Gasteiger partial charge on any atom is -0.255 e. The van der Waals surface area contributed by atoms with Crippen LogP contribution in [0.25, 0.3) is 22.0 Å². The number of halogens is 1. The fourth-order valence-corrected chi connectivity index (χ4v) is 2.24. The standard InChI is InChI=1S/C15H10ClN/c16-14-9-4-10-17-15(14)13-8-3-6-11-5-1-2-7-12(11)13/h1-10H. The number of hydrogen-bond donors (Lipinski definition) is 0. The van der Waals surface area contributed by atoms with Crippen LogP contribution in [0.3, 0.4) is 0 Å². The molecule has 0 unspecified atom stereocenters. The van der Waals surface area contributed by atoms with Crippen molar-refractivity contribution in [1.29, 1.82) is 0 Å². The van der Waals surface area contributed by atoms with Gasteiger partial charge in [-0.3, -0.25) is 4.98 Å². The van der Waals surface area contributed by atoms with E-state index in [4.69, 9.17) is 11.6 Å². The van der Waals surface area contributed by atoms with Gasteiger partial charge in [-0.1, -0.05) is 54.1 Å². The zero-order chi connectivity index (χ0) is 11.7. The number of aromatic nitrogens is 1. The molecule has 0 atom stereocenters. The fourth-order valence-electron chi connectivity index (χ4n) is 2.02.